The summed E-state index contributed by atoms with van der Waals surface area (Å²) < 4.78 is 11.4. The van der Waals surface area contributed by atoms with Crippen LogP contribution in [0.4, 0.5) is 5.69 Å². The highest BCUT2D eigenvalue weighted by Crippen LogP contribution is 2.39. The van der Waals surface area contributed by atoms with Gasteiger partial charge in [-0.1, -0.05) is 30.3 Å². The molecule has 0 aliphatic carbocycles. The molecule has 2 unspecified atom stereocenters. The second-order valence-electron chi connectivity index (χ2n) is 4.53. The summed E-state index contributed by atoms with van der Waals surface area (Å²) in [6, 6.07) is 17.0. The van der Waals surface area contributed by atoms with Gasteiger partial charge in [0.05, 0.1) is 18.9 Å². The van der Waals surface area contributed by atoms with E-state index in [0.29, 0.717) is 0 Å². The third-order valence-electron chi connectivity index (χ3n) is 3.34. The van der Waals surface area contributed by atoms with Crippen molar-refractivity contribution in [1.82, 2.24) is 0 Å². The van der Waals surface area contributed by atoms with Crippen LogP contribution in [-0.4, -0.2) is 13.2 Å². The van der Waals surface area contributed by atoms with Gasteiger partial charge in [-0.15, -0.1) is 0 Å². The fourth-order valence-corrected chi connectivity index (χ4v) is 2.38. The molecule has 0 radical (unpaired) electrons. The number of nitriles is 1. The van der Waals surface area contributed by atoms with Crippen LogP contribution >= 0.6 is 0 Å². The molecule has 20 heavy (non-hydrogen) atoms. The van der Waals surface area contributed by atoms with Crippen LogP contribution in [0, 0.1) is 11.3 Å². The monoisotopic (exact) mass is 266 g/mol. The van der Waals surface area contributed by atoms with Crippen molar-refractivity contribution < 1.29 is 9.47 Å². The van der Waals surface area contributed by atoms with Crippen molar-refractivity contribution in [1.29, 1.82) is 5.26 Å². The van der Waals surface area contributed by atoms with E-state index in [1.54, 1.807) is 7.11 Å². The molecule has 100 valence electrons. The molecular formula is C16H14N2O2. The van der Waals surface area contributed by atoms with Gasteiger partial charge in [0.2, 0.25) is 0 Å². The zero-order chi connectivity index (χ0) is 13.9. The second kappa shape index (κ2) is 5.14. The molecule has 0 amide bonds. The Balaban J connectivity index is 2.03. The molecule has 4 nitrogen and oxygen atoms in total. The van der Waals surface area contributed by atoms with Gasteiger partial charge in [0, 0.05) is 5.56 Å². The maximum Gasteiger partial charge on any atom is 0.161 e. The average molecular weight is 266 g/mol. The summed E-state index contributed by atoms with van der Waals surface area (Å²) in [7, 11) is 1.62. The summed E-state index contributed by atoms with van der Waals surface area (Å²) >= 11 is 0. The summed E-state index contributed by atoms with van der Waals surface area (Å²) in [6.07, 6.45) is -0.397. The smallest absolute Gasteiger partial charge is 0.161 e. The Labute approximate surface area is 117 Å². The zero-order valence-corrected chi connectivity index (χ0v) is 11.0. The summed E-state index contributed by atoms with van der Waals surface area (Å²) in [4.78, 5) is 0. The SMILES string of the molecule is COc1ccccc1C1Oc2ccccc2NC1C#N. The van der Waals surface area contributed by atoms with Crippen molar-refractivity contribution in [3.8, 4) is 17.6 Å². The minimum atomic E-state index is -0.457. The van der Waals surface area contributed by atoms with Crippen molar-refractivity contribution in [2.45, 2.75) is 12.1 Å². The Morgan fingerprint density at radius 2 is 1.90 bits per heavy atom. The predicted molar refractivity (Wildman–Crippen MR) is 75.8 cm³/mol. The van der Waals surface area contributed by atoms with Crippen molar-refractivity contribution >= 4 is 5.69 Å². The molecule has 1 aliphatic heterocycles. The van der Waals surface area contributed by atoms with Gasteiger partial charge in [-0.3, -0.25) is 0 Å². The highest BCUT2D eigenvalue weighted by molar-refractivity contribution is 5.60. The quantitative estimate of drug-likeness (QED) is 0.907. The Morgan fingerprint density at radius 1 is 1.15 bits per heavy atom. The van der Waals surface area contributed by atoms with Gasteiger partial charge in [-0.2, -0.15) is 5.26 Å². The lowest BCUT2D eigenvalue weighted by Gasteiger charge is -2.32. The van der Waals surface area contributed by atoms with E-state index in [9.17, 15) is 5.26 Å². The van der Waals surface area contributed by atoms with E-state index in [4.69, 9.17) is 9.47 Å². The standard InChI is InChI=1S/C16H14N2O2/c1-19-14-8-4-2-6-11(14)16-13(10-17)18-12-7-3-5-9-15(12)20-16/h2-9,13,16,18H,1H3. The maximum atomic E-state index is 9.38. The first-order valence-electron chi connectivity index (χ1n) is 6.38. The molecule has 2 aromatic carbocycles. The first-order chi connectivity index (χ1) is 9.83. The number of benzene rings is 2. The molecule has 0 aromatic heterocycles. The predicted octanol–water partition coefficient (Wildman–Crippen LogP) is 3.13. The van der Waals surface area contributed by atoms with Crippen LogP contribution in [0.2, 0.25) is 0 Å². The van der Waals surface area contributed by atoms with E-state index in [-0.39, 0.29) is 0 Å². The van der Waals surface area contributed by atoms with Gasteiger partial charge < -0.3 is 14.8 Å². The topological polar surface area (TPSA) is 54.3 Å². The van der Waals surface area contributed by atoms with Crippen molar-refractivity contribution in [2.24, 2.45) is 0 Å². The summed E-state index contributed by atoms with van der Waals surface area (Å²) in [5.41, 5.74) is 1.70. The van der Waals surface area contributed by atoms with Gasteiger partial charge in [0.25, 0.3) is 0 Å². The van der Waals surface area contributed by atoms with Gasteiger partial charge in [-0.05, 0) is 18.2 Å². The number of rotatable bonds is 2. The van der Waals surface area contributed by atoms with E-state index in [1.165, 1.54) is 0 Å². The van der Waals surface area contributed by atoms with E-state index < -0.39 is 12.1 Å². The molecule has 0 fully saturated rings. The Bertz CT molecular complexity index is 664. The van der Waals surface area contributed by atoms with Gasteiger partial charge in [-0.25, -0.2) is 0 Å². The molecule has 1 N–H and O–H groups in total. The van der Waals surface area contributed by atoms with Crippen molar-refractivity contribution in [3.63, 3.8) is 0 Å². The minimum absolute atomic E-state index is 0.397. The number of anilines is 1. The number of nitrogens with zero attached hydrogens (tertiary/aromatic N) is 1. The fourth-order valence-electron chi connectivity index (χ4n) is 2.38. The minimum Gasteiger partial charge on any atom is -0.496 e. The Kier molecular flexibility index (Phi) is 3.18. The first-order valence-corrected chi connectivity index (χ1v) is 6.38. The fraction of sp³-hybridized carbons (Fsp3) is 0.188. The molecule has 0 saturated carbocycles. The normalized spacial score (nSPS) is 20.0. The molecule has 2 aromatic rings. The summed E-state index contributed by atoms with van der Waals surface area (Å²) in [5.74, 6) is 1.47. The first kappa shape index (κ1) is 12.4. The number of methoxy groups -OCH3 is 1. The van der Waals surface area contributed by atoms with E-state index in [0.717, 1.165) is 22.7 Å². The lowest BCUT2D eigenvalue weighted by molar-refractivity contribution is 0.185. The van der Waals surface area contributed by atoms with Crippen LogP contribution in [0.1, 0.15) is 11.7 Å². The molecule has 3 rings (SSSR count). The number of para-hydroxylation sites is 3. The molecule has 2 atom stereocenters. The Morgan fingerprint density at radius 3 is 2.70 bits per heavy atom. The van der Waals surface area contributed by atoms with Gasteiger partial charge >= 0.3 is 0 Å². The van der Waals surface area contributed by atoms with E-state index in [2.05, 4.69) is 11.4 Å². The number of fused-ring (bicyclic) bond motifs is 1. The Hall–Kier alpha value is -2.67. The lowest BCUT2D eigenvalue weighted by Crippen LogP contribution is -2.34. The van der Waals surface area contributed by atoms with Crippen LogP contribution in [0.15, 0.2) is 48.5 Å². The van der Waals surface area contributed by atoms with Crippen molar-refractivity contribution in [2.75, 3.05) is 12.4 Å². The number of nitrogens with one attached hydrogen (secondary N) is 1. The van der Waals surface area contributed by atoms with Crippen LogP contribution in [0.25, 0.3) is 0 Å². The number of hydrogen-bond donors (Lipinski definition) is 1. The third-order valence-corrected chi connectivity index (χ3v) is 3.34. The average Bonchev–Trinajstić information content (AvgIpc) is 2.53. The summed E-state index contributed by atoms with van der Waals surface area (Å²) in [6.45, 7) is 0. The molecule has 1 aliphatic rings. The highest BCUT2D eigenvalue weighted by Gasteiger charge is 2.32. The second-order valence-corrected chi connectivity index (χ2v) is 4.53. The van der Waals surface area contributed by atoms with E-state index in [1.807, 2.05) is 48.5 Å². The number of hydrogen-bond acceptors (Lipinski definition) is 4. The van der Waals surface area contributed by atoms with Gasteiger partial charge in [0.15, 0.2) is 12.1 Å². The molecule has 1 heterocycles. The molecular weight excluding hydrogens is 252 g/mol. The molecule has 0 spiro atoms. The maximum absolute atomic E-state index is 9.38. The molecule has 0 bridgehead atoms. The largest absolute Gasteiger partial charge is 0.496 e. The lowest BCUT2D eigenvalue weighted by atomic mass is 9.99. The third kappa shape index (κ3) is 2.04. The van der Waals surface area contributed by atoms with E-state index >= 15 is 0 Å². The molecule has 0 saturated heterocycles. The van der Waals surface area contributed by atoms with Crippen LogP contribution in [0.5, 0.6) is 11.5 Å². The van der Waals surface area contributed by atoms with Gasteiger partial charge in [0.1, 0.15) is 11.5 Å². The van der Waals surface area contributed by atoms with Crippen LogP contribution in [0.3, 0.4) is 0 Å². The van der Waals surface area contributed by atoms with Crippen molar-refractivity contribution in [3.05, 3.63) is 54.1 Å². The van der Waals surface area contributed by atoms with Crippen LogP contribution < -0.4 is 14.8 Å². The highest BCUT2D eigenvalue weighted by atomic mass is 16.5. The zero-order valence-electron chi connectivity index (χ0n) is 11.0. The molecule has 4 heteroatoms. The summed E-state index contributed by atoms with van der Waals surface area (Å²) in [5, 5.41) is 12.6. The van der Waals surface area contributed by atoms with Crippen LogP contribution in [-0.2, 0) is 0 Å². The number of ether oxygens (including phenoxy) is 2.